The van der Waals surface area contributed by atoms with Gasteiger partial charge in [-0.3, -0.25) is 4.90 Å². The van der Waals surface area contributed by atoms with Crippen molar-refractivity contribution in [3.63, 3.8) is 0 Å². The maximum absolute atomic E-state index is 11.9. The third-order valence-electron chi connectivity index (χ3n) is 3.35. The average Bonchev–Trinajstić information content (AvgIpc) is 2.91. The van der Waals surface area contributed by atoms with Gasteiger partial charge in [0.2, 0.25) is 0 Å². The van der Waals surface area contributed by atoms with Crippen LogP contribution in [0.1, 0.15) is 30.1 Å². The lowest BCUT2D eigenvalue weighted by Crippen LogP contribution is -2.31. The van der Waals surface area contributed by atoms with Crippen LogP contribution < -0.4 is 4.74 Å². The lowest BCUT2D eigenvalue weighted by Gasteiger charge is -2.20. The zero-order valence-electron chi connectivity index (χ0n) is 11.6. The molecule has 0 saturated carbocycles. The molecule has 4 nitrogen and oxygen atoms in total. The summed E-state index contributed by atoms with van der Waals surface area (Å²) in [6.07, 6.45) is 2.42. The molecule has 0 aliphatic carbocycles. The molecule has 1 aliphatic rings. The number of methoxy groups -OCH3 is 1. The Bertz CT molecular complexity index is 410. The number of likely N-dealkylation sites (tertiary alicyclic amines) is 1. The zero-order valence-corrected chi connectivity index (χ0v) is 11.6. The van der Waals surface area contributed by atoms with Crippen LogP contribution in [0, 0.1) is 0 Å². The molecule has 0 amide bonds. The van der Waals surface area contributed by atoms with Crippen LogP contribution in [0.15, 0.2) is 24.3 Å². The lowest BCUT2D eigenvalue weighted by molar-refractivity contribution is 0.0271. The van der Waals surface area contributed by atoms with E-state index in [0.717, 1.165) is 25.4 Å². The van der Waals surface area contributed by atoms with Crippen molar-refractivity contribution in [2.75, 3.05) is 26.7 Å². The summed E-state index contributed by atoms with van der Waals surface area (Å²) in [5.74, 6) is 0.469. The molecule has 1 fully saturated rings. The van der Waals surface area contributed by atoms with Gasteiger partial charge in [-0.25, -0.2) is 4.79 Å². The first-order chi connectivity index (χ1) is 9.19. The van der Waals surface area contributed by atoms with E-state index in [4.69, 9.17) is 9.47 Å². The fraction of sp³-hybridized carbons (Fsp3) is 0.533. The van der Waals surface area contributed by atoms with E-state index in [9.17, 15) is 4.79 Å². The van der Waals surface area contributed by atoms with Gasteiger partial charge in [-0.05, 0) is 57.1 Å². The molecule has 0 bridgehead atoms. The summed E-state index contributed by atoms with van der Waals surface area (Å²) < 4.78 is 10.5. The molecule has 0 spiro atoms. The summed E-state index contributed by atoms with van der Waals surface area (Å²) in [6.45, 7) is 5.00. The van der Waals surface area contributed by atoms with Gasteiger partial charge in [-0.1, -0.05) is 0 Å². The topological polar surface area (TPSA) is 38.8 Å². The number of esters is 1. The summed E-state index contributed by atoms with van der Waals surface area (Å²) in [6, 6.07) is 6.98. The first-order valence-corrected chi connectivity index (χ1v) is 6.76. The third-order valence-corrected chi connectivity index (χ3v) is 3.35. The fourth-order valence-corrected chi connectivity index (χ4v) is 2.34. The molecule has 1 saturated heterocycles. The highest BCUT2D eigenvalue weighted by Crippen LogP contribution is 2.14. The van der Waals surface area contributed by atoms with Crippen LogP contribution in [0.5, 0.6) is 5.75 Å². The van der Waals surface area contributed by atoms with Gasteiger partial charge in [0, 0.05) is 6.54 Å². The minimum absolute atomic E-state index is 0.0762. The molecule has 0 aromatic heterocycles. The van der Waals surface area contributed by atoms with E-state index in [-0.39, 0.29) is 12.1 Å². The summed E-state index contributed by atoms with van der Waals surface area (Å²) >= 11 is 0. The maximum Gasteiger partial charge on any atom is 0.338 e. The predicted molar refractivity (Wildman–Crippen MR) is 73.5 cm³/mol. The van der Waals surface area contributed by atoms with Crippen LogP contribution in [-0.2, 0) is 4.74 Å². The summed E-state index contributed by atoms with van der Waals surface area (Å²) in [4.78, 5) is 14.3. The lowest BCUT2D eigenvalue weighted by atomic mass is 10.2. The Labute approximate surface area is 114 Å². The summed E-state index contributed by atoms with van der Waals surface area (Å²) in [5, 5.41) is 0. The van der Waals surface area contributed by atoms with Crippen molar-refractivity contribution >= 4 is 5.97 Å². The van der Waals surface area contributed by atoms with Crippen molar-refractivity contribution in [1.82, 2.24) is 4.90 Å². The standard InChI is InChI=1S/C15H21NO3/c1-12(11-16-9-3-4-10-16)19-15(17)13-5-7-14(18-2)8-6-13/h5-8,12H,3-4,9-11H2,1-2H3/t12-/m0/s1. The van der Waals surface area contributed by atoms with E-state index in [0.29, 0.717) is 5.56 Å². The minimum atomic E-state index is -0.269. The van der Waals surface area contributed by atoms with Crippen LogP contribution in [0.2, 0.25) is 0 Å². The molecular formula is C15H21NO3. The molecule has 1 aromatic carbocycles. The molecule has 0 unspecified atom stereocenters. The predicted octanol–water partition coefficient (Wildman–Crippen LogP) is 2.34. The monoisotopic (exact) mass is 263 g/mol. The minimum Gasteiger partial charge on any atom is -0.497 e. The highest BCUT2D eigenvalue weighted by molar-refractivity contribution is 5.89. The number of carbonyl (C=O) groups is 1. The van der Waals surface area contributed by atoms with Gasteiger partial charge in [0.15, 0.2) is 0 Å². The SMILES string of the molecule is COc1ccc(C(=O)O[C@@H](C)CN2CCCC2)cc1. The smallest absolute Gasteiger partial charge is 0.338 e. The van der Waals surface area contributed by atoms with Gasteiger partial charge in [-0.15, -0.1) is 0 Å². The van der Waals surface area contributed by atoms with E-state index in [1.54, 1.807) is 31.4 Å². The van der Waals surface area contributed by atoms with Crippen molar-refractivity contribution in [3.8, 4) is 5.75 Å². The largest absolute Gasteiger partial charge is 0.497 e. The number of carbonyl (C=O) groups excluding carboxylic acids is 1. The number of nitrogens with zero attached hydrogens (tertiary/aromatic N) is 1. The van der Waals surface area contributed by atoms with Gasteiger partial charge in [0.25, 0.3) is 0 Å². The van der Waals surface area contributed by atoms with Crippen LogP contribution in [-0.4, -0.2) is 43.7 Å². The van der Waals surface area contributed by atoms with E-state index in [1.165, 1.54) is 12.8 Å². The molecular weight excluding hydrogens is 242 g/mol. The first kappa shape index (κ1) is 13.9. The Morgan fingerprint density at radius 2 is 1.89 bits per heavy atom. The van der Waals surface area contributed by atoms with Crippen LogP contribution in [0.4, 0.5) is 0 Å². The second kappa shape index (κ2) is 6.57. The van der Waals surface area contributed by atoms with Gasteiger partial charge in [-0.2, -0.15) is 0 Å². The molecule has 0 radical (unpaired) electrons. The van der Waals surface area contributed by atoms with Crippen molar-refractivity contribution in [3.05, 3.63) is 29.8 Å². The second-order valence-electron chi connectivity index (χ2n) is 4.95. The molecule has 1 heterocycles. The number of rotatable bonds is 5. The Morgan fingerprint density at radius 1 is 1.26 bits per heavy atom. The fourth-order valence-electron chi connectivity index (χ4n) is 2.34. The van der Waals surface area contributed by atoms with Gasteiger partial charge >= 0.3 is 5.97 Å². The highest BCUT2D eigenvalue weighted by Gasteiger charge is 2.18. The average molecular weight is 263 g/mol. The van der Waals surface area contributed by atoms with Crippen LogP contribution >= 0.6 is 0 Å². The molecule has 19 heavy (non-hydrogen) atoms. The van der Waals surface area contributed by atoms with Gasteiger partial charge in [0.05, 0.1) is 12.7 Å². The molecule has 104 valence electrons. The number of ether oxygens (including phenoxy) is 2. The Kier molecular flexibility index (Phi) is 4.80. The summed E-state index contributed by atoms with van der Waals surface area (Å²) in [7, 11) is 1.60. The summed E-state index contributed by atoms with van der Waals surface area (Å²) in [5.41, 5.74) is 0.564. The third kappa shape index (κ3) is 3.96. The van der Waals surface area contributed by atoms with Crippen molar-refractivity contribution in [2.24, 2.45) is 0 Å². The zero-order chi connectivity index (χ0) is 13.7. The van der Waals surface area contributed by atoms with Crippen LogP contribution in [0.25, 0.3) is 0 Å². The highest BCUT2D eigenvalue weighted by atomic mass is 16.5. The molecule has 0 N–H and O–H groups in total. The van der Waals surface area contributed by atoms with Crippen molar-refractivity contribution in [1.29, 1.82) is 0 Å². The Morgan fingerprint density at radius 3 is 2.47 bits per heavy atom. The normalized spacial score (nSPS) is 17.2. The van der Waals surface area contributed by atoms with Crippen molar-refractivity contribution in [2.45, 2.75) is 25.9 Å². The first-order valence-electron chi connectivity index (χ1n) is 6.76. The van der Waals surface area contributed by atoms with Gasteiger partial charge < -0.3 is 9.47 Å². The van der Waals surface area contributed by atoms with Crippen molar-refractivity contribution < 1.29 is 14.3 Å². The molecule has 4 heteroatoms. The Hall–Kier alpha value is -1.55. The quantitative estimate of drug-likeness (QED) is 0.764. The maximum atomic E-state index is 11.9. The molecule has 1 atom stereocenters. The van der Waals surface area contributed by atoms with E-state index >= 15 is 0 Å². The molecule has 1 aromatic rings. The molecule has 2 rings (SSSR count). The number of hydrogen-bond acceptors (Lipinski definition) is 4. The van der Waals surface area contributed by atoms with E-state index < -0.39 is 0 Å². The molecule has 1 aliphatic heterocycles. The number of hydrogen-bond donors (Lipinski definition) is 0. The van der Waals surface area contributed by atoms with E-state index in [2.05, 4.69) is 4.90 Å². The van der Waals surface area contributed by atoms with E-state index in [1.807, 2.05) is 6.92 Å². The number of benzene rings is 1. The Balaban J connectivity index is 1.84. The van der Waals surface area contributed by atoms with Crippen LogP contribution in [0.3, 0.4) is 0 Å². The van der Waals surface area contributed by atoms with Gasteiger partial charge in [0.1, 0.15) is 11.9 Å². The second-order valence-corrected chi connectivity index (χ2v) is 4.95.